The molecule has 0 amide bonds. The maximum Gasteiger partial charge on any atom is 0.110 e. The molecule has 0 bridgehead atoms. The monoisotopic (exact) mass is 894 g/mol. The van der Waals surface area contributed by atoms with E-state index in [9.17, 15) is 0 Å². The zero-order valence-corrected chi connectivity index (χ0v) is 39.0. The first-order chi connectivity index (χ1) is 27.9. The molecule has 0 aliphatic heterocycles. The number of unbranched alkanes of at least 4 members (excludes halogenated alkanes) is 4. The van der Waals surface area contributed by atoms with Crippen molar-refractivity contribution in [1.29, 1.82) is 0 Å². The highest BCUT2D eigenvalue weighted by molar-refractivity contribution is 9.10. The van der Waals surface area contributed by atoms with Crippen LogP contribution in [0, 0.1) is 11.8 Å². The van der Waals surface area contributed by atoms with Gasteiger partial charge in [-0.2, -0.15) is 0 Å². The third-order valence-corrected chi connectivity index (χ3v) is 15.0. The fourth-order valence-electron chi connectivity index (χ4n) is 9.85. The second-order valence-electron chi connectivity index (χ2n) is 17.9. The van der Waals surface area contributed by atoms with Crippen molar-refractivity contribution in [2.24, 2.45) is 11.8 Å². The predicted molar refractivity (Wildman–Crippen MR) is 252 cm³/mol. The normalized spacial score (nSPS) is 21.0. The van der Waals surface area contributed by atoms with Crippen molar-refractivity contribution in [3.8, 4) is 0 Å². The first-order valence-electron chi connectivity index (χ1n) is 23.3. The van der Waals surface area contributed by atoms with Crippen LogP contribution in [0.15, 0.2) is 93.9 Å². The molecule has 308 valence electrons. The number of ether oxygens (including phenoxy) is 1. The van der Waals surface area contributed by atoms with Crippen molar-refractivity contribution < 1.29 is 4.74 Å². The molecule has 0 aromatic heterocycles. The van der Waals surface area contributed by atoms with Gasteiger partial charge in [0.1, 0.15) is 12.2 Å². The molecule has 0 heterocycles. The van der Waals surface area contributed by atoms with E-state index in [1.807, 2.05) is 0 Å². The molecule has 0 radical (unpaired) electrons. The van der Waals surface area contributed by atoms with Crippen molar-refractivity contribution in [1.82, 2.24) is 0 Å². The van der Waals surface area contributed by atoms with Gasteiger partial charge in [0.05, 0.1) is 0 Å². The van der Waals surface area contributed by atoms with Crippen LogP contribution in [0.4, 0.5) is 0 Å². The quantitative estimate of drug-likeness (QED) is 0.0859. The summed E-state index contributed by atoms with van der Waals surface area (Å²) in [6, 6.07) is 33.1. The van der Waals surface area contributed by atoms with Crippen LogP contribution in [0.3, 0.4) is 0 Å². The molecule has 2 aliphatic rings. The zero-order chi connectivity index (χ0) is 40.0. The van der Waals surface area contributed by atoms with Gasteiger partial charge in [0.15, 0.2) is 0 Å². The highest BCUT2D eigenvalue weighted by atomic mass is 79.9. The van der Waals surface area contributed by atoms with Gasteiger partial charge in [-0.25, -0.2) is 0 Å². The second-order valence-corrected chi connectivity index (χ2v) is 19.6. The SMILES string of the molecule is CCCCc1ccc(C(OC(c2ccc(CCCC)cc2)c2ccc([C@H]3CC[C@H](CCCC)CC3)cc2Br)c2ccc([C@H]3CC[C@H](CCCC)CC3)cc2Br)cc1. The van der Waals surface area contributed by atoms with Gasteiger partial charge >= 0.3 is 0 Å². The zero-order valence-electron chi connectivity index (χ0n) is 35.9. The van der Waals surface area contributed by atoms with E-state index in [0.717, 1.165) is 33.6 Å². The van der Waals surface area contributed by atoms with Crippen LogP contribution in [0.2, 0.25) is 0 Å². The van der Waals surface area contributed by atoms with Gasteiger partial charge in [-0.05, 0) is 157 Å². The largest absolute Gasteiger partial charge is 0.356 e. The van der Waals surface area contributed by atoms with E-state index >= 15 is 0 Å². The summed E-state index contributed by atoms with van der Waals surface area (Å²) >= 11 is 8.28. The van der Waals surface area contributed by atoms with Crippen molar-refractivity contribution in [3.05, 3.63) is 138 Å². The Hall–Kier alpha value is -2.20. The molecule has 3 heteroatoms. The summed E-state index contributed by atoms with van der Waals surface area (Å²) in [5.41, 5.74) is 10.6. The number of aryl methyl sites for hydroxylation is 2. The lowest BCUT2D eigenvalue weighted by atomic mass is 9.77. The van der Waals surface area contributed by atoms with Crippen molar-refractivity contribution in [2.45, 2.75) is 180 Å². The Kier molecular flexibility index (Phi) is 17.9. The van der Waals surface area contributed by atoms with Gasteiger partial charge in [-0.3, -0.25) is 0 Å². The molecule has 2 unspecified atom stereocenters. The molecule has 6 rings (SSSR count). The highest BCUT2D eigenvalue weighted by Crippen LogP contribution is 2.45. The van der Waals surface area contributed by atoms with Gasteiger partial charge in [0.2, 0.25) is 0 Å². The van der Waals surface area contributed by atoms with E-state index < -0.39 is 0 Å². The van der Waals surface area contributed by atoms with Gasteiger partial charge < -0.3 is 4.74 Å². The Morgan fingerprint density at radius 1 is 0.474 bits per heavy atom. The number of rotatable bonds is 20. The van der Waals surface area contributed by atoms with Gasteiger partial charge in [0.25, 0.3) is 0 Å². The Balaban J connectivity index is 1.33. The summed E-state index contributed by atoms with van der Waals surface area (Å²) in [5, 5.41) is 0. The van der Waals surface area contributed by atoms with Crippen LogP contribution in [0.1, 0.15) is 212 Å². The van der Waals surface area contributed by atoms with E-state index in [0.29, 0.717) is 11.8 Å². The molecule has 0 spiro atoms. The van der Waals surface area contributed by atoms with E-state index in [4.69, 9.17) is 4.74 Å². The minimum Gasteiger partial charge on any atom is -0.356 e. The summed E-state index contributed by atoms with van der Waals surface area (Å²) in [6.07, 6.45) is 25.5. The lowest BCUT2D eigenvalue weighted by Gasteiger charge is -2.31. The van der Waals surface area contributed by atoms with Crippen molar-refractivity contribution in [3.63, 3.8) is 0 Å². The Bertz CT molecular complexity index is 1630. The van der Waals surface area contributed by atoms with Crippen LogP contribution >= 0.6 is 31.9 Å². The molecule has 57 heavy (non-hydrogen) atoms. The maximum atomic E-state index is 7.61. The highest BCUT2D eigenvalue weighted by Gasteiger charge is 2.29. The average molecular weight is 897 g/mol. The van der Waals surface area contributed by atoms with Crippen molar-refractivity contribution >= 4 is 31.9 Å². The molecule has 0 N–H and O–H groups in total. The Morgan fingerprint density at radius 2 is 0.842 bits per heavy atom. The third-order valence-electron chi connectivity index (χ3n) is 13.7. The van der Waals surface area contributed by atoms with Crippen LogP contribution in [-0.4, -0.2) is 0 Å². The summed E-state index contributed by atoms with van der Waals surface area (Å²) in [6.45, 7) is 9.20. The Morgan fingerprint density at radius 3 is 1.18 bits per heavy atom. The molecule has 0 saturated heterocycles. The topological polar surface area (TPSA) is 9.23 Å². The van der Waals surface area contributed by atoms with Gasteiger partial charge in [-0.15, -0.1) is 0 Å². The standard InChI is InChI=1S/C54H72Br2O/c1-5-9-13-39-17-25-43(26-18-39)47-33-35-49(51(55)37-47)53(45-29-21-41(22-30-45)15-11-7-3)57-54(46-31-23-42(24-32-46)16-12-8-4)50-36-34-48(38-52(50)56)44-27-19-40(20-28-44)14-10-6-2/h21-24,29-40,43-44,53-54H,5-20,25-28H2,1-4H3/t39-,40-,43-,44-,53?,54?. The smallest absolute Gasteiger partial charge is 0.110 e. The minimum absolute atomic E-state index is 0.242. The lowest BCUT2D eigenvalue weighted by Crippen LogP contribution is -2.16. The number of hydrogen-bond acceptors (Lipinski definition) is 1. The molecule has 4 aromatic carbocycles. The second kappa shape index (κ2) is 23.0. The molecule has 2 aliphatic carbocycles. The molecule has 1 nitrogen and oxygen atoms in total. The van der Waals surface area contributed by atoms with Crippen LogP contribution in [0.25, 0.3) is 0 Å². The molecule has 2 fully saturated rings. The maximum absolute atomic E-state index is 7.61. The predicted octanol–water partition coefficient (Wildman–Crippen LogP) is 17.7. The fraction of sp³-hybridized carbons (Fsp3) is 0.556. The fourth-order valence-corrected chi connectivity index (χ4v) is 11.1. The average Bonchev–Trinajstić information content (AvgIpc) is 3.25. The van der Waals surface area contributed by atoms with E-state index in [1.54, 1.807) is 0 Å². The molecule has 2 saturated carbocycles. The molecular weight excluding hydrogens is 824 g/mol. The number of hydrogen-bond donors (Lipinski definition) is 0. The van der Waals surface area contributed by atoms with E-state index in [-0.39, 0.29) is 12.2 Å². The summed E-state index contributed by atoms with van der Waals surface area (Å²) in [4.78, 5) is 0. The van der Waals surface area contributed by atoms with E-state index in [2.05, 4.69) is 144 Å². The number of halogens is 2. The lowest BCUT2D eigenvalue weighted by molar-refractivity contribution is 0.0300. The Labute approximate surface area is 364 Å². The third kappa shape index (κ3) is 12.4. The van der Waals surface area contributed by atoms with Crippen LogP contribution in [0.5, 0.6) is 0 Å². The van der Waals surface area contributed by atoms with Gasteiger partial charge in [0, 0.05) is 8.95 Å². The van der Waals surface area contributed by atoms with E-state index in [1.165, 1.54) is 160 Å². The van der Waals surface area contributed by atoms with Crippen LogP contribution < -0.4 is 0 Å². The summed E-state index contributed by atoms with van der Waals surface area (Å²) in [7, 11) is 0. The van der Waals surface area contributed by atoms with Gasteiger partial charge in [-0.1, -0.05) is 184 Å². The van der Waals surface area contributed by atoms with Crippen molar-refractivity contribution in [2.75, 3.05) is 0 Å². The molecular formula is C54H72Br2O. The first kappa shape index (κ1) is 44.4. The first-order valence-corrected chi connectivity index (χ1v) is 24.9. The molecule has 4 aromatic rings. The summed E-state index contributed by atoms with van der Waals surface area (Å²) in [5.74, 6) is 3.12. The van der Waals surface area contributed by atoms with Crippen LogP contribution in [-0.2, 0) is 17.6 Å². The minimum atomic E-state index is -0.242. The summed E-state index contributed by atoms with van der Waals surface area (Å²) < 4.78 is 9.93. The molecule has 2 atom stereocenters. The number of benzene rings is 4.